The van der Waals surface area contributed by atoms with E-state index in [4.69, 9.17) is 4.74 Å². The number of rotatable bonds is 9. The van der Waals surface area contributed by atoms with Gasteiger partial charge in [0.15, 0.2) is 5.69 Å². The fourth-order valence-corrected chi connectivity index (χ4v) is 4.92. The van der Waals surface area contributed by atoms with Crippen LogP contribution in [0.1, 0.15) is 53.5 Å². The van der Waals surface area contributed by atoms with Crippen molar-refractivity contribution in [2.75, 3.05) is 25.6 Å². The highest BCUT2D eigenvalue weighted by molar-refractivity contribution is 6.00. The number of anilines is 1. The first-order chi connectivity index (χ1) is 19.0. The molecule has 4 rings (SSSR count). The van der Waals surface area contributed by atoms with Gasteiger partial charge in [-0.25, -0.2) is 18.8 Å². The summed E-state index contributed by atoms with van der Waals surface area (Å²) in [6.07, 6.45) is -3.12. The van der Waals surface area contributed by atoms with Gasteiger partial charge in [0.25, 0.3) is 5.91 Å². The molecule has 3 N–H and O–H groups in total. The molecule has 1 unspecified atom stereocenters. The molecule has 1 saturated carbocycles. The van der Waals surface area contributed by atoms with Gasteiger partial charge >= 0.3 is 12.2 Å². The molecule has 1 saturated heterocycles. The van der Waals surface area contributed by atoms with Gasteiger partial charge in [-0.3, -0.25) is 9.59 Å². The van der Waals surface area contributed by atoms with Gasteiger partial charge in [-0.05, 0) is 61.4 Å². The number of methoxy groups -OCH3 is 1. The number of amides is 4. The Bertz CT molecular complexity index is 1220. The summed E-state index contributed by atoms with van der Waals surface area (Å²) in [4.78, 5) is 43.7. The molecule has 2 fully saturated rings. The van der Waals surface area contributed by atoms with E-state index >= 15 is 0 Å². The van der Waals surface area contributed by atoms with E-state index in [-0.39, 0.29) is 42.6 Å². The van der Waals surface area contributed by atoms with Crippen LogP contribution in [0.15, 0.2) is 23.0 Å². The lowest BCUT2D eigenvalue weighted by atomic mass is 9.82. The van der Waals surface area contributed by atoms with Gasteiger partial charge in [-0.2, -0.15) is 13.2 Å². The Morgan fingerprint density at radius 2 is 1.98 bits per heavy atom. The normalized spacial score (nSPS) is 22.9. The minimum Gasteiger partial charge on any atom is -0.382 e. The van der Waals surface area contributed by atoms with E-state index in [2.05, 4.69) is 30.6 Å². The summed E-state index contributed by atoms with van der Waals surface area (Å²) in [5.41, 5.74) is 0.495. The Hall–Kier alpha value is -3.82. The average molecular weight is 572 g/mol. The fraction of sp³-hybridized carbons (Fsp3) is 0.583. The molecule has 3 heterocycles. The Morgan fingerprint density at radius 3 is 2.58 bits per heavy atom. The highest BCUT2D eigenvalue weighted by atomic mass is 19.4. The molecular weight excluding hydrogens is 542 g/mol. The van der Waals surface area contributed by atoms with Gasteiger partial charge in [-0.1, -0.05) is 5.16 Å². The number of alkyl halides is 4. The lowest BCUT2D eigenvalue weighted by Gasteiger charge is -2.31. The van der Waals surface area contributed by atoms with E-state index in [1.807, 2.05) is 5.32 Å². The highest BCUT2D eigenvalue weighted by Gasteiger charge is 2.48. The van der Waals surface area contributed by atoms with Crippen LogP contribution in [0.5, 0.6) is 0 Å². The van der Waals surface area contributed by atoms with Crippen molar-refractivity contribution in [1.82, 2.24) is 30.8 Å². The zero-order valence-corrected chi connectivity index (χ0v) is 21.7. The summed E-state index contributed by atoms with van der Waals surface area (Å²) in [6.45, 7) is 0.770. The van der Waals surface area contributed by atoms with Crippen LogP contribution in [0.25, 0.3) is 0 Å². The van der Waals surface area contributed by atoms with Crippen molar-refractivity contribution in [3.05, 3.63) is 35.3 Å². The average Bonchev–Trinajstić information content (AvgIpc) is 3.52. The molecule has 40 heavy (non-hydrogen) atoms. The van der Waals surface area contributed by atoms with Crippen molar-refractivity contribution in [3.63, 3.8) is 0 Å². The third-order valence-corrected chi connectivity index (χ3v) is 7.06. The molecule has 16 heteroatoms. The molecule has 2 aromatic heterocycles. The van der Waals surface area contributed by atoms with Gasteiger partial charge in [0.2, 0.25) is 5.91 Å². The smallest absolute Gasteiger partial charge is 0.382 e. The molecule has 4 amide bonds. The Morgan fingerprint density at radius 1 is 1.25 bits per heavy atom. The van der Waals surface area contributed by atoms with Crippen LogP contribution < -0.4 is 16.0 Å². The molecule has 2 aliphatic rings. The van der Waals surface area contributed by atoms with E-state index in [0.29, 0.717) is 18.4 Å². The second kappa shape index (κ2) is 12.1. The Balaban J connectivity index is 1.53. The number of hydrogen-bond acceptors (Lipinski definition) is 8. The predicted molar refractivity (Wildman–Crippen MR) is 130 cm³/mol. The van der Waals surface area contributed by atoms with Crippen LogP contribution in [0, 0.1) is 12.8 Å². The number of halogens is 4. The number of carbonyl (C=O) groups excluding carboxylic acids is 3. The number of nitrogens with one attached hydrogen (secondary N) is 3. The fourth-order valence-electron chi connectivity index (χ4n) is 4.92. The standard InChI is InChI=1S/C24H29F4N7O5/c1-12-19(34-40-33-12)21(36)32-20(13-3-5-15(25)6-4-13)22(37)31-18-9-14(7-8-29-18)16(11-39-2)35-10-17(24(26,27)28)30-23(35)38/h7-9,13,15-17,20H,3-6,10-11H2,1-2H3,(H,30,38)(H,32,36)(H,29,31,37)/t13?,15?,16-,17+,20?/m1/s1. The Labute approximate surface area is 226 Å². The van der Waals surface area contributed by atoms with Crippen LogP contribution in [0.2, 0.25) is 0 Å². The molecule has 0 aromatic carbocycles. The number of urea groups is 1. The van der Waals surface area contributed by atoms with Crippen LogP contribution in [0.3, 0.4) is 0 Å². The molecule has 0 bridgehead atoms. The second-order valence-corrected chi connectivity index (χ2v) is 9.79. The number of pyridine rings is 1. The van der Waals surface area contributed by atoms with Crippen molar-refractivity contribution in [3.8, 4) is 0 Å². The van der Waals surface area contributed by atoms with Crippen molar-refractivity contribution >= 4 is 23.7 Å². The number of nitrogens with zero attached hydrogens (tertiary/aromatic N) is 4. The van der Waals surface area contributed by atoms with Gasteiger partial charge in [0, 0.05) is 13.3 Å². The van der Waals surface area contributed by atoms with Crippen molar-refractivity contribution in [2.45, 2.75) is 63.1 Å². The number of hydrogen-bond donors (Lipinski definition) is 3. The van der Waals surface area contributed by atoms with Crippen LogP contribution >= 0.6 is 0 Å². The van der Waals surface area contributed by atoms with Crippen molar-refractivity contribution in [2.24, 2.45) is 5.92 Å². The maximum absolute atomic E-state index is 13.8. The first-order valence-corrected chi connectivity index (χ1v) is 12.6. The SMILES string of the molecule is COC[C@H](c1ccnc(NC(=O)C(NC(=O)c2nonc2C)C2CCC(F)CC2)c1)N1C[C@@H](C(F)(F)F)NC1=O. The highest BCUT2D eigenvalue weighted by Crippen LogP contribution is 2.32. The minimum absolute atomic E-state index is 0.0355. The number of aryl methyl sites for hydroxylation is 1. The van der Waals surface area contributed by atoms with Crippen molar-refractivity contribution < 1.29 is 41.3 Å². The van der Waals surface area contributed by atoms with E-state index in [9.17, 15) is 31.9 Å². The van der Waals surface area contributed by atoms with E-state index in [0.717, 1.165) is 4.90 Å². The van der Waals surface area contributed by atoms with E-state index < -0.39 is 54.9 Å². The summed E-state index contributed by atoms with van der Waals surface area (Å²) < 4.78 is 63.2. The summed E-state index contributed by atoms with van der Waals surface area (Å²) in [5.74, 6) is -1.67. The number of ether oxygens (including phenoxy) is 1. The topological polar surface area (TPSA) is 152 Å². The summed E-state index contributed by atoms with van der Waals surface area (Å²) in [5, 5.41) is 14.3. The maximum Gasteiger partial charge on any atom is 0.410 e. The first-order valence-electron chi connectivity index (χ1n) is 12.6. The lowest BCUT2D eigenvalue weighted by Crippen LogP contribution is -2.49. The molecule has 0 spiro atoms. The monoisotopic (exact) mass is 571 g/mol. The summed E-state index contributed by atoms with van der Waals surface area (Å²) in [7, 11) is 1.34. The molecular formula is C24H29F4N7O5. The van der Waals surface area contributed by atoms with Gasteiger partial charge in [-0.15, -0.1) is 0 Å². The predicted octanol–water partition coefficient (Wildman–Crippen LogP) is 2.68. The van der Waals surface area contributed by atoms with Crippen LogP contribution in [0.4, 0.5) is 28.2 Å². The molecule has 2 aromatic rings. The molecule has 1 aliphatic heterocycles. The second-order valence-electron chi connectivity index (χ2n) is 9.79. The molecule has 0 radical (unpaired) electrons. The van der Waals surface area contributed by atoms with E-state index in [1.165, 1.54) is 32.4 Å². The third-order valence-electron chi connectivity index (χ3n) is 7.06. The molecule has 12 nitrogen and oxygen atoms in total. The summed E-state index contributed by atoms with van der Waals surface area (Å²) >= 11 is 0. The first kappa shape index (κ1) is 29.2. The van der Waals surface area contributed by atoms with E-state index in [1.54, 1.807) is 0 Å². The zero-order valence-electron chi connectivity index (χ0n) is 21.7. The van der Waals surface area contributed by atoms with Gasteiger partial charge < -0.3 is 25.6 Å². The molecule has 1 aliphatic carbocycles. The zero-order chi connectivity index (χ0) is 29.0. The van der Waals surface area contributed by atoms with Crippen LogP contribution in [-0.4, -0.2) is 82.7 Å². The third kappa shape index (κ3) is 6.66. The molecule has 3 atom stereocenters. The number of aromatic nitrogens is 3. The maximum atomic E-state index is 13.8. The van der Waals surface area contributed by atoms with Crippen molar-refractivity contribution in [1.29, 1.82) is 0 Å². The largest absolute Gasteiger partial charge is 0.410 e. The van der Waals surface area contributed by atoms with Gasteiger partial charge in [0.05, 0.1) is 19.2 Å². The quantitative estimate of drug-likeness (QED) is 0.389. The lowest BCUT2D eigenvalue weighted by molar-refractivity contribution is -0.150. The summed E-state index contributed by atoms with van der Waals surface area (Å²) in [6, 6.07) is -2.01. The van der Waals surface area contributed by atoms with Crippen LogP contribution in [-0.2, 0) is 9.53 Å². The van der Waals surface area contributed by atoms with Gasteiger partial charge in [0.1, 0.15) is 29.8 Å². The Kier molecular flexibility index (Phi) is 8.85. The number of carbonyl (C=O) groups is 3. The molecule has 218 valence electrons. The minimum atomic E-state index is -4.62.